The molecular formula is C17H16N2O2. The van der Waals surface area contributed by atoms with Crippen LogP contribution in [-0.4, -0.2) is 21.7 Å². The Morgan fingerprint density at radius 3 is 2.76 bits per heavy atom. The van der Waals surface area contributed by atoms with Crippen LogP contribution in [0.1, 0.15) is 13.3 Å². The summed E-state index contributed by atoms with van der Waals surface area (Å²) in [5.41, 5.74) is 2.26. The van der Waals surface area contributed by atoms with E-state index < -0.39 is 0 Å². The molecule has 3 rings (SSSR count). The van der Waals surface area contributed by atoms with Crippen molar-refractivity contribution in [3.63, 3.8) is 0 Å². The van der Waals surface area contributed by atoms with Crippen LogP contribution in [0.4, 0.5) is 0 Å². The Kier molecular flexibility index (Phi) is 3.69. The molecule has 0 fully saturated rings. The van der Waals surface area contributed by atoms with Crippen LogP contribution in [0.2, 0.25) is 0 Å². The first-order valence-corrected chi connectivity index (χ1v) is 6.95. The van der Waals surface area contributed by atoms with Crippen LogP contribution < -0.4 is 4.74 Å². The molecule has 0 aliphatic carbocycles. The van der Waals surface area contributed by atoms with Crippen molar-refractivity contribution in [2.45, 2.75) is 13.3 Å². The summed E-state index contributed by atoms with van der Waals surface area (Å²) in [6.07, 6.45) is 2.44. The van der Waals surface area contributed by atoms with E-state index in [0.717, 1.165) is 23.0 Å². The van der Waals surface area contributed by atoms with Crippen LogP contribution in [0.5, 0.6) is 11.5 Å². The minimum Gasteiger partial charge on any atom is -0.507 e. The minimum atomic E-state index is 0.160. The van der Waals surface area contributed by atoms with Crippen molar-refractivity contribution in [2.24, 2.45) is 0 Å². The molecule has 0 amide bonds. The molecule has 0 saturated carbocycles. The fraction of sp³-hybridized carbons (Fsp3) is 0.176. The normalized spacial score (nSPS) is 10.7. The van der Waals surface area contributed by atoms with Gasteiger partial charge in [-0.1, -0.05) is 25.1 Å². The van der Waals surface area contributed by atoms with E-state index in [1.807, 2.05) is 43.3 Å². The summed E-state index contributed by atoms with van der Waals surface area (Å²) in [6.45, 7) is 2.68. The van der Waals surface area contributed by atoms with Gasteiger partial charge in [0, 0.05) is 17.0 Å². The predicted molar refractivity (Wildman–Crippen MR) is 82.4 cm³/mol. The third-order valence-corrected chi connectivity index (χ3v) is 3.24. The van der Waals surface area contributed by atoms with E-state index in [2.05, 4.69) is 9.97 Å². The molecule has 0 aliphatic heterocycles. The van der Waals surface area contributed by atoms with Crippen LogP contribution in [-0.2, 0) is 0 Å². The molecule has 106 valence electrons. The Morgan fingerprint density at radius 2 is 1.95 bits per heavy atom. The van der Waals surface area contributed by atoms with Gasteiger partial charge < -0.3 is 9.84 Å². The summed E-state index contributed by atoms with van der Waals surface area (Å²) in [6, 6.07) is 13.0. The zero-order chi connectivity index (χ0) is 14.7. The maximum Gasteiger partial charge on any atom is 0.128 e. The lowest BCUT2D eigenvalue weighted by molar-refractivity contribution is 0.315. The Bertz CT molecular complexity index is 766. The monoisotopic (exact) mass is 280 g/mol. The number of hydrogen-bond donors (Lipinski definition) is 1. The molecule has 1 aromatic heterocycles. The van der Waals surface area contributed by atoms with Crippen molar-refractivity contribution in [3.05, 3.63) is 48.8 Å². The highest BCUT2D eigenvalue weighted by Gasteiger charge is 2.11. The van der Waals surface area contributed by atoms with Gasteiger partial charge >= 0.3 is 0 Å². The van der Waals surface area contributed by atoms with E-state index in [1.54, 1.807) is 6.07 Å². The Hall–Kier alpha value is -2.62. The molecule has 4 heteroatoms. The Balaban J connectivity index is 2.06. The lowest BCUT2D eigenvalue weighted by Crippen LogP contribution is -1.95. The number of ether oxygens (including phenoxy) is 1. The topological polar surface area (TPSA) is 55.2 Å². The number of aromatic hydroxyl groups is 1. The molecule has 4 nitrogen and oxygen atoms in total. The van der Waals surface area contributed by atoms with Crippen molar-refractivity contribution in [1.29, 1.82) is 0 Å². The molecule has 1 heterocycles. The molecule has 0 saturated heterocycles. The quantitative estimate of drug-likeness (QED) is 0.790. The molecule has 3 aromatic rings. The molecule has 2 aromatic carbocycles. The smallest absolute Gasteiger partial charge is 0.128 e. The highest BCUT2D eigenvalue weighted by atomic mass is 16.5. The zero-order valence-corrected chi connectivity index (χ0v) is 11.8. The summed E-state index contributed by atoms with van der Waals surface area (Å²) >= 11 is 0. The van der Waals surface area contributed by atoms with Gasteiger partial charge in [-0.25, -0.2) is 9.97 Å². The van der Waals surface area contributed by atoms with Gasteiger partial charge in [-0.3, -0.25) is 0 Å². The number of hydrogen-bond acceptors (Lipinski definition) is 4. The minimum absolute atomic E-state index is 0.160. The molecule has 0 aliphatic rings. The highest BCUT2D eigenvalue weighted by molar-refractivity contribution is 5.93. The summed E-state index contributed by atoms with van der Waals surface area (Å²) < 4.78 is 5.52. The zero-order valence-electron chi connectivity index (χ0n) is 11.8. The average molecular weight is 280 g/mol. The second-order valence-corrected chi connectivity index (χ2v) is 4.77. The third-order valence-electron chi connectivity index (χ3n) is 3.24. The molecule has 1 N–H and O–H groups in total. The first kappa shape index (κ1) is 13.4. The van der Waals surface area contributed by atoms with Crippen LogP contribution >= 0.6 is 0 Å². The number of benzene rings is 2. The molecule has 0 spiro atoms. The first-order chi connectivity index (χ1) is 10.3. The molecule has 0 unspecified atom stereocenters. The molecule has 0 bridgehead atoms. The van der Waals surface area contributed by atoms with Gasteiger partial charge in [-0.2, -0.15) is 0 Å². The average Bonchev–Trinajstić information content (AvgIpc) is 2.53. The van der Waals surface area contributed by atoms with Crippen LogP contribution in [0.3, 0.4) is 0 Å². The van der Waals surface area contributed by atoms with E-state index in [-0.39, 0.29) is 5.75 Å². The molecular weight excluding hydrogens is 264 g/mol. The van der Waals surface area contributed by atoms with Gasteiger partial charge in [0.2, 0.25) is 0 Å². The van der Waals surface area contributed by atoms with Crippen molar-refractivity contribution < 1.29 is 9.84 Å². The standard InChI is InChI=1S/C17H16N2O2/c1-2-9-21-12-7-8-14(16(20)10-12)17-13-5-3-4-6-15(13)18-11-19-17/h3-8,10-11,20H,2,9H2,1H3. The van der Waals surface area contributed by atoms with Crippen molar-refractivity contribution in [2.75, 3.05) is 6.61 Å². The summed E-state index contributed by atoms with van der Waals surface area (Å²) in [5.74, 6) is 0.823. The van der Waals surface area contributed by atoms with E-state index in [1.165, 1.54) is 6.33 Å². The number of nitrogens with zero attached hydrogens (tertiary/aromatic N) is 2. The van der Waals surface area contributed by atoms with E-state index >= 15 is 0 Å². The van der Waals surface area contributed by atoms with Gasteiger partial charge in [-0.05, 0) is 24.6 Å². The van der Waals surface area contributed by atoms with Crippen LogP contribution in [0.25, 0.3) is 22.2 Å². The van der Waals surface area contributed by atoms with Gasteiger partial charge in [0.15, 0.2) is 0 Å². The van der Waals surface area contributed by atoms with Gasteiger partial charge in [0.1, 0.15) is 17.8 Å². The number of phenols is 1. The maximum absolute atomic E-state index is 10.3. The number of para-hydroxylation sites is 1. The van der Waals surface area contributed by atoms with Gasteiger partial charge in [0.05, 0.1) is 17.8 Å². The van der Waals surface area contributed by atoms with Crippen molar-refractivity contribution in [3.8, 4) is 22.8 Å². The Morgan fingerprint density at radius 1 is 1.10 bits per heavy atom. The molecule has 0 atom stereocenters. The number of aromatic nitrogens is 2. The van der Waals surface area contributed by atoms with Crippen LogP contribution in [0.15, 0.2) is 48.8 Å². The number of fused-ring (bicyclic) bond motifs is 1. The largest absolute Gasteiger partial charge is 0.507 e. The van der Waals surface area contributed by atoms with Gasteiger partial charge in [-0.15, -0.1) is 0 Å². The number of phenolic OH excluding ortho intramolecular Hbond substituents is 1. The third kappa shape index (κ3) is 2.65. The number of rotatable bonds is 4. The highest BCUT2D eigenvalue weighted by Crippen LogP contribution is 2.34. The maximum atomic E-state index is 10.3. The molecule has 21 heavy (non-hydrogen) atoms. The summed E-state index contributed by atoms with van der Waals surface area (Å²) in [4.78, 5) is 8.56. The van der Waals surface area contributed by atoms with E-state index in [4.69, 9.17) is 4.74 Å². The second kappa shape index (κ2) is 5.79. The van der Waals surface area contributed by atoms with Crippen molar-refractivity contribution in [1.82, 2.24) is 9.97 Å². The predicted octanol–water partition coefficient (Wildman–Crippen LogP) is 3.79. The fourth-order valence-electron chi connectivity index (χ4n) is 2.24. The van der Waals surface area contributed by atoms with Crippen molar-refractivity contribution >= 4 is 10.9 Å². The van der Waals surface area contributed by atoms with E-state index in [0.29, 0.717) is 17.9 Å². The molecule has 0 radical (unpaired) electrons. The van der Waals surface area contributed by atoms with E-state index in [9.17, 15) is 5.11 Å². The summed E-state index contributed by atoms with van der Waals surface area (Å²) in [7, 11) is 0. The summed E-state index contributed by atoms with van der Waals surface area (Å²) in [5, 5.41) is 11.2. The first-order valence-electron chi connectivity index (χ1n) is 6.95. The second-order valence-electron chi connectivity index (χ2n) is 4.77. The van der Waals surface area contributed by atoms with Crippen LogP contribution in [0, 0.1) is 0 Å². The Labute approximate surface area is 123 Å². The lowest BCUT2D eigenvalue weighted by atomic mass is 10.1. The fourth-order valence-corrected chi connectivity index (χ4v) is 2.24. The lowest BCUT2D eigenvalue weighted by Gasteiger charge is -2.09. The van der Waals surface area contributed by atoms with Gasteiger partial charge in [0.25, 0.3) is 0 Å². The SMILES string of the molecule is CCCOc1ccc(-c2ncnc3ccccc23)c(O)c1.